The van der Waals surface area contributed by atoms with Crippen molar-refractivity contribution in [1.29, 1.82) is 0 Å². The molecule has 3 rings (SSSR count). The Bertz CT molecular complexity index is 910. The number of nitrogens with one attached hydrogen (secondary N) is 2. The molecule has 0 fully saturated rings. The second-order valence-electron chi connectivity index (χ2n) is 5.59. The van der Waals surface area contributed by atoms with Crippen LogP contribution in [0.25, 0.3) is 0 Å². The first kappa shape index (κ1) is 17.0. The van der Waals surface area contributed by atoms with E-state index in [1.54, 1.807) is 19.2 Å². The van der Waals surface area contributed by atoms with Gasteiger partial charge in [0.25, 0.3) is 0 Å². The molecule has 25 heavy (non-hydrogen) atoms. The number of hydrogen-bond acceptors (Lipinski definition) is 7. The Morgan fingerprint density at radius 2 is 1.80 bits per heavy atom. The van der Waals surface area contributed by atoms with E-state index in [0.717, 1.165) is 16.9 Å². The van der Waals surface area contributed by atoms with Gasteiger partial charge in [0.2, 0.25) is 5.95 Å². The van der Waals surface area contributed by atoms with Gasteiger partial charge in [0.1, 0.15) is 17.3 Å². The second-order valence-corrected chi connectivity index (χ2v) is 6.00. The first-order valence-electron chi connectivity index (χ1n) is 7.62. The minimum atomic E-state index is 0.433. The van der Waals surface area contributed by atoms with Gasteiger partial charge in [-0.1, -0.05) is 16.8 Å². The fourth-order valence-electron chi connectivity index (χ4n) is 2.30. The highest BCUT2D eigenvalue weighted by atomic mass is 35.5. The van der Waals surface area contributed by atoms with Crippen LogP contribution in [0.15, 0.2) is 28.8 Å². The molecule has 0 saturated heterocycles. The van der Waals surface area contributed by atoms with Crippen molar-refractivity contribution >= 4 is 34.9 Å². The van der Waals surface area contributed by atoms with Crippen LogP contribution in [0.3, 0.4) is 0 Å². The van der Waals surface area contributed by atoms with Crippen LogP contribution >= 0.6 is 11.6 Å². The first-order chi connectivity index (χ1) is 11.9. The maximum Gasteiger partial charge on any atom is 0.229 e. The number of aromatic nitrogens is 3. The monoisotopic (exact) mass is 359 g/mol. The summed E-state index contributed by atoms with van der Waals surface area (Å²) in [6.07, 6.45) is 0. The molecule has 0 amide bonds. The van der Waals surface area contributed by atoms with Crippen molar-refractivity contribution in [2.75, 3.05) is 17.7 Å². The zero-order valence-electron chi connectivity index (χ0n) is 14.3. The van der Waals surface area contributed by atoms with Gasteiger partial charge >= 0.3 is 0 Å². The van der Waals surface area contributed by atoms with Crippen LogP contribution in [0.5, 0.6) is 5.75 Å². The minimum absolute atomic E-state index is 0.433. The molecular weight excluding hydrogens is 342 g/mol. The van der Waals surface area contributed by atoms with Crippen LogP contribution in [0.4, 0.5) is 23.3 Å². The molecule has 1 aromatic carbocycles. The molecule has 0 saturated carbocycles. The van der Waals surface area contributed by atoms with Crippen LogP contribution in [-0.4, -0.2) is 22.2 Å². The van der Waals surface area contributed by atoms with Crippen molar-refractivity contribution in [2.45, 2.75) is 20.8 Å². The number of aryl methyl sites for hydroxylation is 3. The molecule has 3 aromatic rings. The summed E-state index contributed by atoms with van der Waals surface area (Å²) in [6, 6.07) is 7.25. The molecule has 0 unspecified atom stereocenters. The van der Waals surface area contributed by atoms with Gasteiger partial charge in [-0.05, 0) is 32.4 Å². The lowest BCUT2D eigenvalue weighted by atomic mass is 10.2. The van der Waals surface area contributed by atoms with Gasteiger partial charge in [0.05, 0.1) is 12.8 Å². The predicted octanol–water partition coefficient (Wildman–Crippen LogP) is 4.54. The van der Waals surface area contributed by atoms with Gasteiger partial charge in [0, 0.05) is 28.9 Å². The highest BCUT2D eigenvalue weighted by Gasteiger charge is 2.10. The van der Waals surface area contributed by atoms with Gasteiger partial charge in [-0.25, -0.2) is 4.98 Å². The van der Waals surface area contributed by atoms with E-state index in [1.807, 2.05) is 32.9 Å². The molecule has 2 aromatic heterocycles. The standard InChI is InChI=1S/C17H18ClN5O2/c1-9-5-13(14(24-4)8-12(9)18)20-17-19-10(2)6-15(22-17)21-16-7-11(3)25-23-16/h5-8H,1-4H3,(H2,19,20,21,22,23). The van der Waals surface area contributed by atoms with Crippen molar-refractivity contribution < 1.29 is 9.26 Å². The van der Waals surface area contributed by atoms with Crippen molar-refractivity contribution in [2.24, 2.45) is 0 Å². The van der Waals surface area contributed by atoms with Crippen LogP contribution in [0, 0.1) is 20.8 Å². The zero-order valence-corrected chi connectivity index (χ0v) is 15.1. The third kappa shape index (κ3) is 4.00. The molecule has 0 bridgehead atoms. The van der Waals surface area contributed by atoms with E-state index in [1.165, 1.54) is 0 Å². The third-order valence-electron chi connectivity index (χ3n) is 3.47. The molecule has 0 spiro atoms. The van der Waals surface area contributed by atoms with Crippen molar-refractivity contribution in [3.05, 3.63) is 46.3 Å². The molecule has 130 valence electrons. The van der Waals surface area contributed by atoms with Crippen molar-refractivity contribution in [1.82, 2.24) is 15.1 Å². The second kappa shape index (κ2) is 6.98. The lowest BCUT2D eigenvalue weighted by molar-refractivity contribution is 0.400. The van der Waals surface area contributed by atoms with E-state index in [0.29, 0.717) is 34.1 Å². The normalized spacial score (nSPS) is 10.6. The Morgan fingerprint density at radius 1 is 1.00 bits per heavy atom. The Morgan fingerprint density at radius 3 is 2.48 bits per heavy atom. The Hall–Kier alpha value is -2.80. The van der Waals surface area contributed by atoms with E-state index in [4.69, 9.17) is 20.9 Å². The van der Waals surface area contributed by atoms with E-state index in [-0.39, 0.29) is 0 Å². The fraction of sp³-hybridized carbons (Fsp3) is 0.235. The maximum atomic E-state index is 6.15. The zero-order chi connectivity index (χ0) is 18.0. The predicted molar refractivity (Wildman–Crippen MR) is 97.3 cm³/mol. The van der Waals surface area contributed by atoms with Gasteiger partial charge in [-0.3, -0.25) is 0 Å². The molecule has 2 N–H and O–H groups in total. The lowest BCUT2D eigenvalue weighted by Gasteiger charge is -2.13. The highest BCUT2D eigenvalue weighted by molar-refractivity contribution is 6.31. The third-order valence-corrected chi connectivity index (χ3v) is 3.87. The molecule has 0 aliphatic heterocycles. The Labute approximate surface area is 150 Å². The van der Waals surface area contributed by atoms with E-state index >= 15 is 0 Å². The summed E-state index contributed by atoms with van der Waals surface area (Å²) >= 11 is 6.15. The number of nitrogens with zero attached hydrogens (tertiary/aromatic N) is 3. The summed E-state index contributed by atoms with van der Waals surface area (Å²) in [5, 5.41) is 10.8. The van der Waals surface area contributed by atoms with Gasteiger partial charge in [-0.15, -0.1) is 0 Å². The number of methoxy groups -OCH3 is 1. The quantitative estimate of drug-likeness (QED) is 0.691. The number of hydrogen-bond donors (Lipinski definition) is 2. The molecule has 0 aliphatic carbocycles. The number of benzene rings is 1. The summed E-state index contributed by atoms with van der Waals surface area (Å²) in [5.74, 6) is 2.95. The molecule has 2 heterocycles. The van der Waals surface area contributed by atoms with Gasteiger partial charge in [-0.2, -0.15) is 4.98 Å². The van der Waals surface area contributed by atoms with Crippen LogP contribution in [0.1, 0.15) is 17.0 Å². The Balaban J connectivity index is 1.89. The SMILES string of the molecule is COc1cc(Cl)c(C)cc1Nc1nc(C)cc(Nc2cc(C)on2)n1. The molecule has 0 atom stereocenters. The first-order valence-corrected chi connectivity index (χ1v) is 7.99. The smallest absolute Gasteiger partial charge is 0.229 e. The molecule has 0 aliphatic rings. The maximum absolute atomic E-state index is 6.15. The highest BCUT2D eigenvalue weighted by Crippen LogP contribution is 2.32. The van der Waals surface area contributed by atoms with Crippen molar-refractivity contribution in [3.8, 4) is 5.75 Å². The molecule has 8 heteroatoms. The van der Waals surface area contributed by atoms with Crippen LogP contribution in [-0.2, 0) is 0 Å². The molecule has 0 radical (unpaired) electrons. The molecular formula is C17H18ClN5O2. The van der Waals surface area contributed by atoms with E-state index in [2.05, 4.69) is 25.8 Å². The summed E-state index contributed by atoms with van der Waals surface area (Å²) in [5.41, 5.74) is 2.46. The van der Waals surface area contributed by atoms with Gasteiger partial charge < -0.3 is 19.9 Å². The average Bonchev–Trinajstić information content (AvgIpc) is 2.95. The topological polar surface area (TPSA) is 85.1 Å². The van der Waals surface area contributed by atoms with Gasteiger partial charge in [0.15, 0.2) is 5.82 Å². The number of rotatable bonds is 5. The largest absolute Gasteiger partial charge is 0.495 e. The van der Waals surface area contributed by atoms with E-state index in [9.17, 15) is 0 Å². The average molecular weight is 360 g/mol. The number of ether oxygens (including phenoxy) is 1. The molecule has 7 nitrogen and oxygen atoms in total. The van der Waals surface area contributed by atoms with E-state index < -0.39 is 0 Å². The van der Waals surface area contributed by atoms with Crippen LogP contribution < -0.4 is 15.4 Å². The fourth-order valence-corrected chi connectivity index (χ4v) is 2.45. The lowest BCUT2D eigenvalue weighted by Crippen LogP contribution is -2.04. The summed E-state index contributed by atoms with van der Waals surface area (Å²) < 4.78 is 10.4. The number of anilines is 4. The van der Waals surface area contributed by atoms with Crippen molar-refractivity contribution in [3.63, 3.8) is 0 Å². The summed E-state index contributed by atoms with van der Waals surface area (Å²) in [7, 11) is 1.59. The number of halogens is 1. The summed E-state index contributed by atoms with van der Waals surface area (Å²) in [4.78, 5) is 8.87. The minimum Gasteiger partial charge on any atom is -0.495 e. The van der Waals surface area contributed by atoms with Crippen LogP contribution in [0.2, 0.25) is 5.02 Å². The Kier molecular flexibility index (Phi) is 4.76. The summed E-state index contributed by atoms with van der Waals surface area (Å²) in [6.45, 7) is 5.63.